The summed E-state index contributed by atoms with van der Waals surface area (Å²) < 4.78 is 0. The fraction of sp³-hybridized carbons (Fsp3) is 0.500. The van der Waals surface area contributed by atoms with Crippen molar-refractivity contribution in [2.24, 2.45) is 0 Å². The molecule has 0 unspecified atom stereocenters. The maximum Gasteiger partial charge on any atom is 0.00966 e. The van der Waals surface area contributed by atoms with E-state index in [1.807, 2.05) is 0 Å². The van der Waals surface area contributed by atoms with E-state index in [9.17, 15) is 0 Å². The van der Waals surface area contributed by atoms with E-state index >= 15 is 0 Å². The van der Waals surface area contributed by atoms with Crippen molar-refractivity contribution in [3.8, 4) is 0 Å². The van der Waals surface area contributed by atoms with E-state index < -0.39 is 0 Å². The first kappa shape index (κ1) is 12.4. The highest BCUT2D eigenvalue weighted by molar-refractivity contribution is 5.66. The largest absolute Gasteiger partial charge is 0.312 e. The fourth-order valence-electron chi connectivity index (χ4n) is 2.39. The van der Waals surface area contributed by atoms with Crippen molar-refractivity contribution in [3.05, 3.63) is 40.5 Å². The van der Waals surface area contributed by atoms with E-state index in [-0.39, 0.29) is 5.54 Å². The van der Waals surface area contributed by atoms with Gasteiger partial charge in [-0.1, -0.05) is 29.8 Å². The third-order valence-corrected chi connectivity index (χ3v) is 3.20. The minimum absolute atomic E-state index is 0.212. The molecular formula is C16H23N. The highest BCUT2D eigenvalue weighted by Gasteiger charge is 2.13. The Bertz CT molecular complexity index is 435. The molecule has 0 saturated carbocycles. The van der Waals surface area contributed by atoms with Crippen molar-refractivity contribution < 1.29 is 0 Å². The van der Waals surface area contributed by atoms with Gasteiger partial charge in [0.2, 0.25) is 0 Å². The first-order chi connectivity index (χ1) is 7.96. The number of fused-ring (bicyclic) bond motifs is 1. The molecule has 0 fully saturated rings. The first-order valence-corrected chi connectivity index (χ1v) is 6.49. The van der Waals surface area contributed by atoms with Gasteiger partial charge < -0.3 is 5.32 Å². The molecule has 2 rings (SSSR count). The number of benzene rings is 1. The fourth-order valence-corrected chi connectivity index (χ4v) is 2.39. The maximum atomic E-state index is 3.55. The van der Waals surface area contributed by atoms with Gasteiger partial charge in [-0.15, -0.1) is 0 Å². The lowest BCUT2D eigenvalue weighted by atomic mass is 10.0. The highest BCUT2D eigenvalue weighted by Crippen LogP contribution is 2.27. The Morgan fingerprint density at radius 2 is 2.00 bits per heavy atom. The van der Waals surface area contributed by atoms with Gasteiger partial charge in [-0.2, -0.15) is 0 Å². The van der Waals surface area contributed by atoms with E-state index in [1.54, 1.807) is 0 Å². The standard InChI is InChI=1S/C16H23N/c1-12-10-14-7-5-6-13(15(14)11-12)8-9-17-16(2,3)4/h5-7,11,17H,8-10H2,1-4H3. The second-order valence-corrected chi connectivity index (χ2v) is 6.08. The molecule has 1 aliphatic carbocycles. The molecule has 92 valence electrons. The van der Waals surface area contributed by atoms with Crippen LogP contribution in [0.2, 0.25) is 0 Å². The van der Waals surface area contributed by atoms with Gasteiger partial charge in [0.1, 0.15) is 0 Å². The smallest absolute Gasteiger partial charge is 0.00966 e. The number of hydrogen-bond donors (Lipinski definition) is 1. The summed E-state index contributed by atoms with van der Waals surface area (Å²) in [6.07, 6.45) is 4.60. The average Bonchev–Trinajstić information content (AvgIpc) is 2.57. The summed E-state index contributed by atoms with van der Waals surface area (Å²) >= 11 is 0. The van der Waals surface area contributed by atoms with Gasteiger partial charge in [-0.25, -0.2) is 0 Å². The number of allylic oxidation sites excluding steroid dienone is 1. The van der Waals surface area contributed by atoms with Crippen molar-refractivity contribution in [3.63, 3.8) is 0 Å². The molecule has 1 nitrogen and oxygen atoms in total. The predicted molar refractivity (Wildman–Crippen MR) is 75.3 cm³/mol. The topological polar surface area (TPSA) is 12.0 Å². The molecule has 1 N–H and O–H groups in total. The van der Waals surface area contributed by atoms with Crippen LogP contribution in [0.5, 0.6) is 0 Å². The zero-order chi connectivity index (χ0) is 12.5. The lowest BCUT2D eigenvalue weighted by Gasteiger charge is -2.20. The Hall–Kier alpha value is -1.08. The van der Waals surface area contributed by atoms with Crippen LogP contribution < -0.4 is 5.32 Å². The number of nitrogens with one attached hydrogen (secondary N) is 1. The van der Waals surface area contributed by atoms with Crippen LogP contribution in [0.4, 0.5) is 0 Å². The van der Waals surface area contributed by atoms with Crippen molar-refractivity contribution in [2.45, 2.75) is 46.1 Å². The van der Waals surface area contributed by atoms with Crippen LogP contribution in [-0.4, -0.2) is 12.1 Å². The van der Waals surface area contributed by atoms with Crippen molar-refractivity contribution in [1.29, 1.82) is 0 Å². The zero-order valence-corrected chi connectivity index (χ0v) is 11.4. The summed E-state index contributed by atoms with van der Waals surface area (Å²) in [6.45, 7) is 9.91. The molecule has 1 heteroatoms. The van der Waals surface area contributed by atoms with Gasteiger partial charge in [0.05, 0.1) is 0 Å². The Morgan fingerprint density at radius 3 is 2.71 bits per heavy atom. The van der Waals surface area contributed by atoms with Crippen molar-refractivity contribution in [2.75, 3.05) is 6.54 Å². The van der Waals surface area contributed by atoms with Gasteiger partial charge >= 0.3 is 0 Å². The van der Waals surface area contributed by atoms with Crippen LogP contribution in [-0.2, 0) is 12.8 Å². The summed E-state index contributed by atoms with van der Waals surface area (Å²) in [5.74, 6) is 0. The van der Waals surface area contributed by atoms with Crippen molar-refractivity contribution >= 4 is 6.08 Å². The lowest BCUT2D eigenvalue weighted by molar-refractivity contribution is 0.429. The third-order valence-electron chi connectivity index (χ3n) is 3.20. The molecular weight excluding hydrogens is 206 g/mol. The van der Waals surface area contributed by atoms with E-state index in [0.717, 1.165) is 19.4 Å². The van der Waals surface area contributed by atoms with Crippen LogP contribution in [0.15, 0.2) is 23.8 Å². The first-order valence-electron chi connectivity index (χ1n) is 6.49. The molecule has 0 radical (unpaired) electrons. The minimum atomic E-state index is 0.212. The van der Waals surface area contributed by atoms with Crippen LogP contribution in [0.1, 0.15) is 44.4 Å². The molecule has 1 aromatic rings. The quantitative estimate of drug-likeness (QED) is 0.835. The van der Waals surface area contributed by atoms with E-state index in [2.05, 4.69) is 57.3 Å². The zero-order valence-electron chi connectivity index (χ0n) is 11.4. The summed E-state index contributed by atoms with van der Waals surface area (Å²) in [5.41, 5.74) is 6.15. The van der Waals surface area contributed by atoms with Gasteiger partial charge in [-0.05, 0) is 63.8 Å². The molecule has 17 heavy (non-hydrogen) atoms. The Morgan fingerprint density at radius 1 is 1.24 bits per heavy atom. The second-order valence-electron chi connectivity index (χ2n) is 6.08. The SMILES string of the molecule is CC1=Cc2c(CCNC(C)(C)C)cccc2C1. The third kappa shape index (κ3) is 3.19. The normalized spacial score (nSPS) is 14.7. The van der Waals surface area contributed by atoms with Gasteiger partial charge in [-0.3, -0.25) is 0 Å². The predicted octanol–water partition coefficient (Wildman–Crippen LogP) is 3.58. The molecule has 0 amide bonds. The number of hydrogen-bond acceptors (Lipinski definition) is 1. The van der Waals surface area contributed by atoms with E-state index in [0.29, 0.717) is 0 Å². The second kappa shape index (κ2) is 4.66. The minimum Gasteiger partial charge on any atom is -0.312 e. The summed E-state index contributed by atoms with van der Waals surface area (Å²) in [4.78, 5) is 0. The Balaban J connectivity index is 2.05. The number of rotatable bonds is 3. The average molecular weight is 229 g/mol. The molecule has 0 spiro atoms. The molecule has 0 aromatic heterocycles. The lowest BCUT2D eigenvalue weighted by Crippen LogP contribution is -2.37. The monoisotopic (exact) mass is 229 g/mol. The molecule has 0 saturated heterocycles. The van der Waals surface area contributed by atoms with E-state index in [1.165, 1.54) is 22.3 Å². The van der Waals surface area contributed by atoms with Gasteiger partial charge in [0.15, 0.2) is 0 Å². The molecule has 0 atom stereocenters. The summed E-state index contributed by atoms with van der Waals surface area (Å²) in [7, 11) is 0. The Labute approximate surface area is 105 Å². The summed E-state index contributed by atoms with van der Waals surface area (Å²) in [5, 5.41) is 3.55. The highest BCUT2D eigenvalue weighted by atomic mass is 14.9. The van der Waals surface area contributed by atoms with Crippen LogP contribution in [0, 0.1) is 0 Å². The molecule has 1 aliphatic rings. The van der Waals surface area contributed by atoms with Crippen LogP contribution >= 0.6 is 0 Å². The molecule has 0 aliphatic heterocycles. The maximum absolute atomic E-state index is 3.55. The molecule has 1 aromatic carbocycles. The Kier molecular flexibility index (Phi) is 3.39. The van der Waals surface area contributed by atoms with Crippen LogP contribution in [0.25, 0.3) is 6.08 Å². The van der Waals surface area contributed by atoms with Gasteiger partial charge in [0, 0.05) is 5.54 Å². The van der Waals surface area contributed by atoms with Crippen molar-refractivity contribution in [1.82, 2.24) is 5.32 Å². The molecule has 0 heterocycles. The molecule has 0 bridgehead atoms. The summed E-state index contributed by atoms with van der Waals surface area (Å²) in [6, 6.07) is 6.71. The van der Waals surface area contributed by atoms with Crippen LogP contribution in [0.3, 0.4) is 0 Å². The van der Waals surface area contributed by atoms with Gasteiger partial charge in [0.25, 0.3) is 0 Å². The van der Waals surface area contributed by atoms with E-state index in [4.69, 9.17) is 0 Å².